The molecule has 4 aromatic rings. The van der Waals surface area contributed by atoms with Gasteiger partial charge in [-0.3, -0.25) is 9.97 Å². The maximum Gasteiger partial charge on any atom is 0.0430 e. The molecule has 2 aromatic carbocycles. The van der Waals surface area contributed by atoms with Crippen molar-refractivity contribution in [2.75, 3.05) is 6.54 Å². The molecular formula is C28H25N3. The molecule has 3 heteroatoms. The second kappa shape index (κ2) is 8.57. The van der Waals surface area contributed by atoms with Gasteiger partial charge in [-0.2, -0.15) is 0 Å². The summed E-state index contributed by atoms with van der Waals surface area (Å²) in [5.41, 5.74) is 10.0. The van der Waals surface area contributed by atoms with E-state index in [1.807, 2.05) is 25.5 Å². The molecular weight excluding hydrogens is 378 g/mol. The molecule has 3 heterocycles. The Labute approximate surface area is 183 Å². The Morgan fingerprint density at radius 1 is 0.774 bits per heavy atom. The fraction of sp³-hybridized carbons (Fsp3) is 0.143. The van der Waals surface area contributed by atoms with Gasteiger partial charge in [0.25, 0.3) is 0 Å². The van der Waals surface area contributed by atoms with Crippen molar-refractivity contribution < 1.29 is 0 Å². The van der Waals surface area contributed by atoms with E-state index in [-0.39, 0.29) is 0 Å². The van der Waals surface area contributed by atoms with E-state index in [2.05, 4.69) is 93.9 Å². The highest BCUT2D eigenvalue weighted by molar-refractivity contribution is 5.69. The van der Waals surface area contributed by atoms with Crippen LogP contribution in [-0.4, -0.2) is 21.4 Å². The van der Waals surface area contributed by atoms with E-state index in [1.54, 1.807) is 0 Å². The summed E-state index contributed by atoms with van der Waals surface area (Å²) in [5, 5.41) is 0. The van der Waals surface area contributed by atoms with Crippen LogP contribution in [0.5, 0.6) is 0 Å². The molecule has 0 amide bonds. The molecule has 1 aliphatic heterocycles. The van der Waals surface area contributed by atoms with Gasteiger partial charge in [-0.1, -0.05) is 36.4 Å². The first-order valence-electron chi connectivity index (χ1n) is 10.7. The van der Waals surface area contributed by atoms with Crippen LogP contribution in [0.4, 0.5) is 0 Å². The van der Waals surface area contributed by atoms with E-state index >= 15 is 0 Å². The molecule has 0 radical (unpaired) electrons. The number of aromatic nitrogens is 2. The van der Waals surface area contributed by atoms with Crippen molar-refractivity contribution >= 4 is 6.08 Å². The smallest absolute Gasteiger partial charge is 0.0430 e. The molecule has 0 spiro atoms. The number of pyridine rings is 2. The van der Waals surface area contributed by atoms with Crippen LogP contribution in [0.2, 0.25) is 0 Å². The minimum absolute atomic E-state index is 0.955. The lowest BCUT2D eigenvalue weighted by molar-refractivity contribution is 0.371. The Balaban J connectivity index is 1.23. The van der Waals surface area contributed by atoms with Crippen molar-refractivity contribution in [1.29, 1.82) is 0 Å². The monoisotopic (exact) mass is 403 g/mol. The van der Waals surface area contributed by atoms with Gasteiger partial charge in [-0.15, -0.1) is 0 Å². The summed E-state index contributed by atoms with van der Waals surface area (Å²) in [6.07, 6.45) is 11.1. The van der Waals surface area contributed by atoms with E-state index in [9.17, 15) is 0 Å². The lowest BCUT2D eigenvalue weighted by Gasteiger charge is -2.26. The van der Waals surface area contributed by atoms with Crippen LogP contribution >= 0.6 is 0 Å². The quantitative estimate of drug-likeness (QED) is 0.400. The van der Waals surface area contributed by atoms with Crippen molar-refractivity contribution in [2.24, 2.45) is 0 Å². The molecule has 0 aliphatic carbocycles. The summed E-state index contributed by atoms with van der Waals surface area (Å²) in [6.45, 7) is 3.99. The number of aryl methyl sites for hydroxylation is 1. The van der Waals surface area contributed by atoms with Crippen LogP contribution in [0.25, 0.3) is 28.3 Å². The molecule has 0 bridgehead atoms. The van der Waals surface area contributed by atoms with Gasteiger partial charge >= 0.3 is 0 Å². The SMILES string of the molecule is Cc1cc(-c2ccc(CCN3C=Cc4cc(-c5ccncc5)ccc4C3)cc2)ccn1. The lowest BCUT2D eigenvalue weighted by atomic mass is 9.97. The van der Waals surface area contributed by atoms with Gasteiger partial charge in [-0.05, 0) is 94.9 Å². The van der Waals surface area contributed by atoms with Crippen LogP contribution in [-0.2, 0) is 13.0 Å². The van der Waals surface area contributed by atoms with Crippen molar-refractivity contribution in [2.45, 2.75) is 19.9 Å². The summed E-state index contributed by atoms with van der Waals surface area (Å²) in [7, 11) is 0. The highest BCUT2D eigenvalue weighted by atomic mass is 15.1. The average Bonchev–Trinajstić information content (AvgIpc) is 2.83. The Kier molecular flexibility index (Phi) is 5.32. The van der Waals surface area contributed by atoms with E-state index < -0.39 is 0 Å². The first-order valence-corrected chi connectivity index (χ1v) is 10.7. The topological polar surface area (TPSA) is 29.0 Å². The third-order valence-corrected chi connectivity index (χ3v) is 5.87. The summed E-state index contributed by atoms with van der Waals surface area (Å²) in [5.74, 6) is 0. The zero-order valence-corrected chi connectivity index (χ0v) is 17.7. The Morgan fingerprint density at radius 3 is 2.29 bits per heavy atom. The second-order valence-electron chi connectivity index (χ2n) is 8.07. The predicted molar refractivity (Wildman–Crippen MR) is 127 cm³/mol. The molecule has 0 fully saturated rings. The number of fused-ring (bicyclic) bond motifs is 1. The first-order chi connectivity index (χ1) is 15.2. The van der Waals surface area contributed by atoms with Gasteiger partial charge in [0.15, 0.2) is 0 Å². The van der Waals surface area contributed by atoms with Crippen molar-refractivity contribution in [3.8, 4) is 22.3 Å². The molecule has 3 nitrogen and oxygen atoms in total. The minimum Gasteiger partial charge on any atom is -0.373 e. The summed E-state index contributed by atoms with van der Waals surface area (Å²) < 4.78 is 0. The zero-order chi connectivity index (χ0) is 21.0. The third kappa shape index (κ3) is 4.41. The van der Waals surface area contributed by atoms with Crippen LogP contribution in [0.3, 0.4) is 0 Å². The minimum atomic E-state index is 0.955. The fourth-order valence-electron chi connectivity index (χ4n) is 4.09. The Bertz CT molecular complexity index is 1210. The first kappa shape index (κ1) is 19.3. The van der Waals surface area contributed by atoms with Gasteiger partial charge in [0.05, 0.1) is 0 Å². The highest BCUT2D eigenvalue weighted by Gasteiger charge is 2.12. The van der Waals surface area contributed by atoms with Crippen LogP contribution in [0.1, 0.15) is 22.4 Å². The van der Waals surface area contributed by atoms with Crippen molar-refractivity contribution in [3.63, 3.8) is 0 Å². The maximum atomic E-state index is 4.29. The largest absolute Gasteiger partial charge is 0.373 e. The number of hydrogen-bond acceptors (Lipinski definition) is 3. The standard InChI is InChI=1S/C28H25N3/c1-21-18-26(10-15-30-21)23-4-2-22(3-5-23)11-16-31-17-12-27-19-25(6-7-28(27)20-31)24-8-13-29-14-9-24/h2-10,12-15,17-19H,11,16,20H2,1H3. The van der Waals surface area contributed by atoms with Crippen molar-refractivity contribution in [1.82, 2.24) is 14.9 Å². The lowest BCUT2D eigenvalue weighted by Crippen LogP contribution is -2.22. The predicted octanol–water partition coefficient (Wildman–Crippen LogP) is 6.15. The van der Waals surface area contributed by atoms with Crippen LogP contribution in [0.15, 0.2) is 91.5 Å². The number of rotatable bonds is 5. The third-order valence-electron chi connectivity index (χ3n) is 5.87. The zero-order valence-electron chi connectivity index (χ0n) is 17.7. The van der Waals surface area contributed by atoms with Gasteiger partial charge in [0.2, 0.25) is 0 Å². The second-order valence-corrected chi connectivity index (χ2v) is 8.07. The number of nitrogens with zero attached hydrogens (tertiary/aromatic N) is 3. The molecule has 0 saturated carbocycles. The van der Waals surface area contributed by atoms with E-state index in [0.717, 1.165) is 25.2 Å². The van der Waals surface area contributed by atoms with E-state index in [4.69, 9.17) is 0 Å². The molecule has 0 atom stereocenters. The normalized spacial score (nSPS) is 12.6. The molecule has 5 rings (SSSR count). The number of hydrogen-bond donors (Lipinski definition) is 0. The Morgan fingerprint density at radius 2 is 1.48 bits per heavy atom. The molecule has 31 heavy (non-hydrogen) atoms. The summed E-state index contributed by atoms with van der Waals surface area (Å²) in [4.78, 5) is 10.8. The molecule has 2 aromatic heterocycles. The molecule has 0 saturated heterocycles. The Hall–Kier alpha value is -3.72. The average molecular weight is 404 g/mol. The van der Waals surface area contributed by atoms with Gasteiger partial charge in [0, 0.05) is 37.4 Å². The van der Waals surface area contributed by atoms with E-state index in [0.29, 0.717) is 0 Å². The van der Waals surface area contributed by atoms with Gasteiger partial charge in [-0.25, -0.2) is 0 Å². The maximum absolute atomic E-state index is 4.29. The molecule has 152 valence electrons. The van der Waals surface area contributed by atoms with Crippen LogP contribution < -0.4 is 0 Å². The summed E-state index contributed by atoms with van der Waals surface area (Å²) >= 11 is 0. The van der Waals surface area contributed by atoms with Crippen molar-refractivity contribution in [3.05, 3.63) is 114 Å². The number of benzene rings is 2. The highest BCUT2D eigenvalue weighted by Crippen LogP contribution is 2.27. The van der Waals surface area contributed by atoms with Crippen LogP contribution in [0, 0.1) is 6.92 Å². The molecule has 1 aliphatic rings. The van der Waals surface area contributed by atoms with Gasteiger partial charge < -0.3 is 4.90 Å². The summed E-state index contributed by atoms with van der Waals surface area (Å²) in [6, 6.07) is 24.0. The molecule has 0 N–H and O–H groups in total. The fourth-order valence-corrected chi connectivity index (χ4v) is 4.09. The molecule has 0 unspecified atom stereocenters. The van der Waals surface area contributed by atoms with E-state index in [1.165, 1.54) is 38.9 Å². The van der Waals surface area contributed by atoms with Gasteiger partial charge in [0.1, 0.15) is 0 Å².